The Bertz CT molecular complexity index is 7070. The minimum Gasteiger partial charge on any atom is -0.253 e. The molecule has 0 bridgehead atoms. The number of benzene rings is 14. The van der Waals surface area contributed by atoms with Gasteiger partial charge in [0, 0.05) is 61.5 Å². The van der Waals surface area contributed by atoms with Crippen molar-refractivity contribution in [1.29, 1.82) is 0 Å². The van der Waals surface area contributed by atoms with Crippen molar-refractivity contribution in [2.45, 2.75) is 0 Å². The van der Waals surface area contributed by atoms with Gasteiger partial charge in [-0.3, -0.25) is 4.98 Å². The van der Waals surface area contributed by atoms with Crippen molar-refractivity contribution < 1.29 is 0 Å². The fraction of sp³-hybridized carbons (Fsp3) is 0. The fourth-order valence-electron chi connectivity index (χ4n) is 15.2. The number of thiophene rings is 2. The van der Waals surface area contributed by atoms with E-state index in [1.165, 1.54) is 11.1 Å². The van der Waals surface area contributed by atoms with Crippen molar-refractivity contribution in [3.05, 3.63) is 389 Å². The molecule has 12 nitrogen and oxygen atoms in total. The Hall–Kier alpha value is -15.5. The first-order chi connectivity index (χ1) is 58.4. The molecule has 14 aromatic carbocycles. The van der Waals surface area contributed by atoms with Crippen LogP contribution in [0, 0.1) is 0 Å². The number of aromatic nitrogens is 12. The molecule has 118 heavy (non-hydrogen) atoms. The van der Waals surface area contributed by atoms with E-state index in [0.717, 1.165) is 174 Å². The van der Waals surface area contributed by atoms with E-state index in [2.05, 4.69) is 267 Å². The standard InChI is InChI=1S/2C52H32N6S/c1-3-11-33(12-4-1)34-25-27-38(28-26-34)50-56-49(37-13-5-2-6-14-37)57-51(58-50)42-18-10-16-40(32-42)36-23-21-35(22-24-36)39-15-9-17-41(31-39)43-29-30-53-46-47-52(59-48(43)46)55-45-20-8-7-19-44(45)54-47;1-3-11-33(12-4-1)34-25-27-38(28-26-34)50-56-49(37-13-5-2-6-14-37)57-51(58-50)43-19-10-17-40(30-43)36-23-21-35(22-24-36)39-16-9-18-42(29-39)46-48-47(54-32-53-46)44-31-41-15-7-8-20-45(41)55-52(44)59-48/h2*1-32H. The van der Waals surface area contributed by atoms with Gasteiger partial charge >= 0.3 is 0 Å². The Morgan fingerprint density at radius 2 is 0.517 bits per heavy atom. The number of hydrogen-bond donors (Lipinski definition) is 0. The normalized spacial score (nSPS) is 11.4. The minimum absolute atomic E-state index is 0.623. The van der Waals surface area contributed by atoms with Crippen LogP contribution >= 0.6 is 22.7 Å². The predicted octanol–water partition coefficient (Wildman–Crippen LogP) is 26.5. The lowest BCUT2D eigenvalue weighted by Crippen LogP contribution is -2.00. The van der Waals surface area contributed by atoms with Crippen molar-refractivity contribution >= 4 is 85.6 Å². The lowest BCUT2D eigenvalue weighted by Gasteiger charge is -2.11. The van der Waals surface area contributed by atoms with Crippen LogP contribution in [0.3, 0.4) is 0 Å². The average Bonchev–Trinajstić information content (AvgIpc) is 1.59. The molecule has 0 unspecified atom stereocenters. The third kappa shape index (κ3) is 14.0. The van der Waals surface area contributed by atoms with E-state index in [1.807, 2.05) is 115 Å². The minimum atomic E-state index is 0.623. The second-order valence-corrected chi connectivity index (χ2v) is 30.7. The Balaban J connectivity index is 0.000000147. The molecule has 0 aliphatic heterocycles. The molecule has 0 aliphatic rings. The summed E-state index contributed by atoms with van der Waals surface area (Å²) < 4.78 is 2.13. The SMILES string of the molecule is c1ccc(-c2ccc(-c3nc(-c4ccccc4)nc(-c4cccc(-c5ccc(-c6cccc(-c7ccnc8c7sc7nc9ccccc9nc78)c6)cc5)c4)n3)cc2)cc1.c1ccc(-c2ccc(-c3nc(-c4ccccc4)nc(-c4cccc(-c5ccc(-c6cccc(-c7ncnc8c7sc7nc9ccccc9cc78)c6)cc5)c4)n3)cc2)cc1. The zero-order chi connectivity index (χ0) is 78.2. The summed E-state index contributed by atoms with van der Waals surface area (Å²) in [7, 11) is 0. The van der Waals surface area contributed by atoms with E-state index in [-0.39, 0.29) is 0 Å². The van der Waals surface area contributed by atoms with Gasteiger partial charge in [0.15, 0.2) is 34.9 Å². The van der Waals surface area contributed by atoms with Crippen LogP contribution in [-0.4, -0.2) is 59.8 Å². The van der Waals surface area contributed by atoms with Gasteiger partial charge in [0.05, 0.1) is 37.2 Å². The zero-order valence-electron chi connectivity index (χ0n) is 63.1. The molecule has 0 saturated heterocycles. The average molecular weight is 1550 g/mol. The van der Waals surface area contributed by atoms with Gasteiger partial charge in [-0.05, 0) is 127 Å². The van der Waals surface area contributed by atoms with E-state index in [9.17, 15) is 0 Å². The summed E-state index contributed by atoms with van der Waals surface area (Å²) in [5, 5.41) is 2.17. The van der Waals surface area contributed by atoms with Crippen LogP contribution in [0.1, 0.15) is 0 Å². The molecule has 0 saturated carbocycles. The largest absolute Gasteiger partial charge is 0.253 e. The molecule has 0 amide bonds. The summed E-state index contributed by atoms with van der Waals surface area (Å²) in [6, 6.07) is 130. The first kappa shape index (κ1) is 70.4. The Morgan fingerprint density at radius 1 is 0.186 bits per heavy atom. The quantitative estimate of drug-likeness (QED) is 0.102. The Kier molecular flexibility index (Phi) is 18.4. The molecule has 0 aliphatic carbocycles. The fourth-order valence-corrected chi connectivity index (χ4v) is 17.5. The topological polar surface area (TPSA) is 155 Å². The van der Waals surface area contributed by atoms with E-state index in [1.54, 1.807) is 29.0 Å². The summed E-state index contributed by atoms with van der Waals surface area (Å²) in [4.78, 5) is 60.9. The molecule has 0 N–H and O–H groups in total. The molecule has 0 atom stereocenters. The molecule has 14 heteroatoms. The number of rotatable bonds is 14. The molecule has 8 heterocycles. The maximum atomic E-state index is 5.04. The molecule has 0 radical (unpaired) electrons. The lowest BCUT2D eigenvalue weighted by atomic mass is 9.96. The van der Waals surface area contributed by atoms with Crippen molar-refractivity contribution in [3.63, 3.8) is 0 Å². The molecule has 22 rings (SSSR count). The van der Waals surface area contributed by atoms with Gasteiger partial charge in [0.2, 0.25) is 0 Å². The lowest BCUT2D eigenvalue weighted by molar-refractivity contribution is 1.07. The van der Waals surface area contributed by atoms with Crippen molar-refractivity contribution in [3.8, 4) is 157 Å². The summed E-state index contributed by atoms with van der Waals surface area (Å²) in [5.74, 6) is 3.78. The summed E-state index contributed by atoms with van der Waals surface area (Å²) in [6.07, 6.45) is 3.54. The third-order valence-electron chi connectivity index (χ3n) is 21.3. The van der Waals surface area contributed by atoms with Crippen LogP contribution in [0.2, 0.25) is 0 Å². The van der Waals surface area contributed by atoms with Crippen LogP contribution in [0.4, 0.5) is 0 Å². The van der Waals surface area contributed by atoms with E-state index in [0.29, 0.717) is 34.9 Å². The van der Waals surface area contributed by atoms with Crippen LogP contribution < -0.4 is 0 Å². The first-order valence-corrected chi connectivity index (χ1v) is 40.5. The number of pyridine rings is 2. The maximum absolute atomic E-state index is 5.04. The van der Waals surface area contributed by atoms with E-state index >= 15 is 0 Å². The summed E-state index contributed by atoms with van der Waals surface area (Å²) >= 11 is 3.30. The highest BCUT2D eigenvalue weighted by atomic mass is 32.1. The monoisotopic (exact) mass is 1540 g/mol. The van der Waals surface area contributed by atoms with Gasteiger partial charge in [-0.2, -0.15) is 0 Å². The molecule has 552 valence electrons. The molecule has 0 spiro atoms. The van der Waals surface area contributed by atoms with Crippen LogP contribution in [0.15, 0.2) is 389 Å². The van der Waals surface area contributed by atoms with Gasteiger partial charge in [0.1, 0.15) is 27.0 Å². The van der Waals surface area contributed by atoms with Crippen LogP contribution in [-0.2, 0) is 0 Å². The van der Waals surface area contributed by atoms with Crippen molar-refractivity contribution in [2.24, 2.45) is 0 Å². The van der Waals surface area contributed by atoms with Gasteiger partial charge < -0.3 is 0 Å². The molecule has 22 aromatic rings. The van der Waals surface area contributed by atoms with E-state index < -0.39 is 0 Å². The number of para-hydroxylation sites is 3. The second kappa shape index (κ2) is 30.8. The highest BCUT2D eigenvalue weighted by Crippen LogP contribution is 2.43. The van der Waals surface area contributed by atoms with Gasteiger partial charge in [-0.25, -0.2) is 54.8 Å². The molecule has 0 fully saturated rings. The highest BCUT2D eigenvalue weighted by molar-refractivity contribution is 7.26. The molecular formula is C104H64N12S2. The maximum Gasteiger partial charge on any atom is 0.164 e. The number of hydrogen-bond acceptors (Lipinski definition) is 14. The summed E-state index contributed by atoms with van der Waals surface area (Å²) in [5.41, 5.74) is 28.7. The first-order valence-electron chi connectivity index (χ1n) is 38.9. The highest BCUT2D eigenvalue weighted by Gasteiger charge is 2.21. The Morgan fingerprint density at radius 3 is 1.00 bits per heavy atom. The number of nitrogens with zero attached hydrogens (tertiary/aromatic N) is 12. The number of fused-ring (bicyclic) bond motifs is 8. The van der Waals surface area contributed by atoms with Gasteiger partial charge in [0.25, 0.3) is 0 Å². The molecule has 8 aromatic heterocycles. The Labute approximate surface area is 686 Å². The third-order valence-corrected chi connectivity index (χ3v) is 23.5. The van der Waals surface area contributed by atoms with Crippen molar-refractivity contribution in [2.75, 3.05) is 0 Å². The second-order valence-electron chi connectivity index (χ2n) is 28.7. The molecular weight excluding hydrogens is 1480 g/mol. The van der Waals surface area contributed by atoms with Crippen LogP contribution in [0.5, 0.6) is 0 Å². The van der Waals surface area contributed by atoms with Gasteiger partial charge in [-0.1, -0.05) is 322 Å². The van der Waals surface area contributed by atoms with Crippen LogP contribution in [0.25, 0.3) is 220 Å². The van der Waals surface area contributed by atoms with Crippen molar-refractivity contribution in [1.82, 2.24) is 59.8 Å². The predicted molar refractivity (Wildman–Crippen MR) is 483 cm³/mol. The van der Waals surface area contributed by atoms with E-state index in [4.69, 9.17) is 59.8 Å². The smallest absolute Gasteiger partial charge is 0.164 e. The zero-order valence-corrected chi connectivity index (χ0v) is 64.8. The summed E-state index contributed by atoms with van der Waals surface area (Å²) in [6.45, 7) is 0. The van der Waals surface area contributed by atoms with Gasteiger partial charge in [-0.15, -0.1) is 22.7 Å².